The molecule has 2 N–H and O–H groups in total. The van der Waals surface area contributed by atoms with Crippen molar-refractivity contribution in [1.29, 1.82) is 0 Å². The lowest BCUT2D eigenvalue weighted by Crippen LogP contribution is -2.22. The number of benzene rings is 5. The molecule has 0 aromatic heterocycles. The lowest BCUT2D eigenvalue weighted by atomic mass is 10.2. The van der Waals surface area contributed by atoms with Crippen molar-refractivity contribution in [3.05, 3.63) is 132 Å². The minimum atomic E-state index is -4.27. The second-order valence-electron chi connectivity index (χ2n) is 11.2. The smallest absolute Gasteiger partial charge is 0.294 e. The SMILES string of the molecule is CCN(Cc1cccc(S(=O)(=O)O)c1)c1ccc(/N=N/c2ccc(/N=N/c3ccc(N(CC)Cc4cccc(S(=O)(=O)O)c4)cc3)cc2)cc1. The highest BCUT2D eigenvalue weighted by Gasteiger charge is 2.13. The minimum Gasteiger partial charge on any atom is -0.367 e. The molecule has 0 radical (unpaired) electrons. The van der Waals surface area contributed by atoms with E-state index in [-0.39, 0.29) is 9.79 Å². The topological polar surface area (TPSA) is 165 Å². The van der Waals surface area contributed by atoms with Crippen molar-refractivity contribution in [2.75, 3.05) is 22.9 Å². The van der Waals surface area contributed by atoms with Crippen molar-refractivity contribution in [2.45, 2.75) is 36.7 Å². The van der Waals surface area contributed by atoms with E-state index in [1.807, 2.05) is 74.5 Å². The largest absolute Gasteiger partial charge is 0.367 e. The maximum Gasteiger partial charge on any atom is 0.294 e. The Morgan fingerprint density at radius 1 is 0.480 bits per heavy atom. The van der Waals surface area contributed by atoms with Gasteiger partial charge in [-0.2, -0.15) is 37.3 Å². The third kappa shape index (κ3) is 9.89. The van der Waals surface area contributed by atoms with E-state index in [0.717, 1.165) is 22.5 Å². The van der Waals surface area contributed by atoms with Crippen LogP contribution in [0.15, 0.2) is 152 Å². The summed E-state index contributed by atoms with van der Waals surface area (Å²) >= 11 is 0. The summed E-state index contributed by atoms with van der Waals surface area (Å²) in [6, 6.07) is 34.8. The molecule has 258 valence electrons. The van der Waals surface area contributed by atoms with E-state index in [9.17, 15) is 25.9 Å². The highest BCUT2D eigenvalue weighted by atomic mass is 32.2. The molecule has 0 spiro atoms. The van der Waals surface area contributed by atoms with E-state index >= 15 is 0 Å². The van der Waals surface area contributed by atoms with Crippen molar-refractivity contribution < 1.29 is 25.9 Å². The molecule has 14 heteroatoms. The first kappa shape index (κ1) is 36.0. The van der Waals surface area contributed by atoms with Crippen molar-refractivity contribution in [3.8, 4) is 0 Å². The molecule has 0 fully saturated rings. The predicted molar refractivity (Wildman–Crippen MR) is 194 cm³/mol. The zero-order chi connectivity index (χ0) is 35.7. The van der Waals surface area contributed by atoms with Crippen LogP contribution in [0.4, 0.5) is 34.1 Å². The van der Waals surface area contributed by atoms with Crippen LogP contribution < -0.4 is 9.80 Å². The highest BCUT2D eigenvalue weighted by molar-refractivity contribution is 7.86. The number of anilines is 2. The Hall–Kier alpha value is -5.28. The summed E-state index contributed by atoms with van der Waals surface area (Å²) in [5.74, 6) is 0. The van der Waals surface area contributed by atoms with Crippen molar-refractivity contribution in [2.24, 2.45) is 20.5 Å². The maximum absolute atomic E-state index is 11.5. The van der Waals surface area contributed by atoms with Gasteiger partial charge in [0, 0.05) is 37.6 Å². The van der Waals surface area contributed by atoms with Gasteiger partial charge in [-0.3, -0.25) is 9.11 Å². The Balaban J connectivity index is 1.16. The molecule has 0 saturated carbocycles. The van der Waals surface area contributed by atoms with Gasteiger partial charge in [-0.25, -0.2) is 0 Å². The van der Waals surface area contributed by atoms with E-state index in [1.54, 1.807) is 36.4 Å². The second-order valence-corrected chi connectivity index (χ2v) is 14.1. The zero-order valence-corrected chi connectivity index (χ0v) is 29.0. The molecule has 0 aliphatic heterocycles. The fourth-order valence-electron chi connectivity index (χ4n) is 5.10. The number of hydrogen-bond donors (Lipinski definition) is 2. The molecule has 0 aliphatic carbocycles. The molecule has 0 heterocycles. The Labute approximate surface area is 292 Å². The minimum absolute atomic E-state index is 0.132. The molecule has 0 saturated heterocycles. The van der Waals surface area contributed by atoms with Gasteiger partial charge in [-0.1, -0.05) is 24.3 Å². The molecule has 0 bridgehead atoms. The van der Waals surface area contributed by atoms with Crippen LogP contribution in [0.2, 0.25) is 0 Å². The average Bonchev–Trinajstić information content (AvgIpc) is 3.11. The molecule has 5 rings (SSSR count). The summed E-state index contributed by atoms with van der Waals surface area (Å²) in [5.41, 5.74) is 6.00. The molecule has 0 atom stereocenters. The van der Waals surface area contributed by atoms with Gasteiger partial charge in [0.05, 0.1) is 32.5 Å². The highest BCUT2D eigenvalue weighted by Crippen LogP contribution is 2.27. The Morgan fingerprint density at radius 2 is 0.780 bits per heavy atom. The van der Waals surface area contributed by atoms with Crippen LogP contribution in [0.5, 0.6) is 0 Å². The van der Waals surface area contributed by atoms with Crippen LogP contribution in [-0.2, 0) is 33.3 Å². The fourth-order valence-corrected chi connectivity index (χ4v) is 6.20. The van der Waals surface area contributed by atoms with Gasteiger partial charge in [-0.15, -0.1) is 0 Å². The van der Waals surface area contributed by atoms with Gasteiger partial charge in [0.1, 0.15) is 0 Å². The van der Waals surface area contributed by atoms with Gasteiger partial charge in [0.15, 0.2) is 0 Å². The van der Waals surface area contributed by atoms with E-state index in [4.69, 9.17) is 0 Å². The van der Waals surface area contributed by atoms with Crippen molar-refractivity contribution in [3.63, 3.8) is 0 Å². The van der Waals surface area contributed by atoms with E-state index in [0.29, 0.717) is 48.9 Å². The Morgan fingerprint density at radius 3 is 1.06 bits per heavy atom. The quantitative estimate of drug-likeness (QED) is 0.0850. The molecule has 0 aliphatic rings. The monoisotopic (exact) mass is 712 g/mol. The van der Waals surface area contributed by atoms with Crippen molar-refractivity contribution in [1.82, 2.24) is 0 Å². The van der Waals surface area contributed by atoms with Gasteiger partial charge in [0.2, 0.25) is 0 Å². The van der Waals surface area contributed by atoms with Crippen LogP contribution in [-0.4, -0.2) is 39.0 Å². The van der Waals surface area contributed by atoms with Crippen LogP contribution in [0.3, 0.4) is 0 Å². The van der Waals surface area contributed by atoms with Crippen LogP contribution in [0.1, 0.15) is 25.0 Å². The van der Waals surface area contributed by atoms with Gasteiger partial charge < -0.3 is 9.80 Å². The predicted octanol–water partition coefficient (Wildman–Crippen LogP) is 9.06. The summed E-state index contributed by atoms with van der Waals surface area (Å²) in [6.07, 6.45) is 0. The molecule has 50 heavy (non-hydrogen) atoms. The summed E-state index contributed by atoms with van der Waals surface area (Å²) in [4.78, 5) is 3.88. The zero-order valence-electron chi connectivity index (χ0n) is 27.4. The Kier molecular flexibility index (Phi) is 11.5. The first-order chi connectivity index (χ1) is 23.9. The fraction of sp³-hybridized carbons (Fsp3) is 0.167. The molecule has 12 nitrogen and oxygen atoms in total. The van der Waals surface area contributed by atoms with Gasteiger partial charge in [-0.05, 0) is 122 Å². The lowest BCUT2D eigenvalue weighted by molar-refractivity contribution is 0.481. The van der Waals surface area contributed by atoms with Crippen LogP contribution in [0, 0.1) is 0 Å². The number of nitrogens with zero attached hydrogens (tertiary/aromatic N) is 6. The first-order valence-electron chi connectivity index (χ1n) is 15.7. The third-order valence-corrected chi connectivity index (χ3v) is 9.44. The third-order valence-electron chi connectivity index (χ3n) is 7.74. The Bertz CT molecular complexity index is 2030. The number of hydrogen-bond acceptors (Lipinski definition) is 10. The van der Waals surface area contributed by atoms with E-state index in [2.05, 4.69) is 30.3 Å². The molecule has 0 unspecified atom stereocenters. The van der Waals surface area contributed by atoms with E-state index in [1.165, 1.54) is 24.3 Å². The van der Waals surface area contributed by atoms with Crippen LogP contribution in [0.25, 0.3) is 0 Å². The number of rotatable bonds is 14. The summed E-state index contributed by atoms with van der Waals surface area (Å²) < 4.78 is 64.8. The molecule has 5 aromatic rings. The van der Waals surface area contributed by atoms with Crippen LogP contribution >= 0.6 is 0 Å². The molecular weight excluding hydrogens is 677 g/mol. The summed E-state index contributed by atoms with van der Waals surface area (Å²) in [5, 5.41) is 17.3. The first-order valence-corrected chi connectivity index (χ1v) is 18.6. The summed E-state index contributed by atoms with van der Waals surface area (Å²) in [7, 11) is -8.54. The standard InChI is InChI=1S/C36H36N6O6S2/c1-3-41(25-27-7-5-9-35(23-27)49(43,44)45)33-19-15-31(16-20-33)39-37-29-11-13-30(14-12-29)38-40-32-17-21-34(22-18-32)42(4-2)26-28-8-6-10-36(24-28)50(46,47)48/h5-24H,3-4,25-26H2,1-2H3,(H,43,44,45)(H,46,47,48)/b39-37+,40-38+. The van der Waals surface area contributed by atoms with E-state index < -0.39 is 20.2 Å². The molecule has 0 amide bonds. The molecular formula is C36H36N6O6S2. The van der Waals surface area contributed by atoms with Crippen molar-refractivity contribution >= 4 is 54.4 Å². The average molecular weight is 713 g/mol. The lowest BCUT2D eigenvalue weighted by Gasteiger charge is -2.23. The number of azo groups is 2. The maximum atomic E-state index is 11.5. The van der Waals surface area contributed by atoms with Gasteiger partial charge >= 0.3 is 0 Å². The van der Waals surface area contributed by atoms with Gasteiger partial charge in [0.25, 0.3) is 20.2 Å². The normalized spacial score (nSPS) is 12.1. The molecule has 5 aromatic carbocycles. The second kappa shape index (κ2) is 16.0. The summed E-state index contributed by atoms with van der Waals surface area (Å²) in [6.45, 7) is 6.30.